The molecule has 0 saturated carbocycles. The molecule has 1 aromatic rings. The number of hydrogen-bond acceptors (Lipinski definition) is 3. The van der Waals surface area contributed by atoms with Crippen molar-refractivity contribution in [3.63, 3.8) is 0 Å². The highest BCUT2D eigenvalue weighted by Crippen LogP contribution is 2.31. The van der Waals surface area contributed by atoms with E-state index in [1.54, 1.807) is 11.3 Å². The van der Waals surface area contributed by atoms with E-state index in [4.69, 9.17) is 10.5 Å². The molecule has 2 nitrogen and oxygen atoms in total. The lowest BCUT2D eigenvalue weighted by Gasteiger charge is -2.23. The van der Waals surface area contributed by atoms with Crippen molar-refractivity contribution in [2.45, 2.75) is 44.2 Å². The highest BCUT2D eigenvalue weighted by atomic mass is 79.9. The summed E-state index contributed by atoms with van der Waals surface area (Å²) in [5, 5.41) is 2.08. The molecule has 90 valence electrons. The fourth-order valence-corrected chi connectivity index (χ4v) is 3.81. The Morgan fingerprint density at radius 3 is 3.06 bits per heavy atom. The molecule has 1 aliphatic rings. The Hall–Kier alpha value is 0.100. The minimum atomic E-state index is 0.153. The second-order valence-electron chi connectivity index (χ2n) is 4.31. The maximum atomic E-state index is 6.18. The Bertz CT molecular complexity index is 323. The maximum absolute atomic E-state index is 6.18. The van der Waals surface area contributed by atoms with Gasteiger partial charge in [-0.2, -0.15) is 0 Å². The van der Waals surface area contributed by atoms with Crippen LogP contribution in [0.25, 0.3) is 0 Å². The largest absolute Gasteiger partial charge is 0.378 e. The van der Waals surface area contributed by atoms with Gasteiger partial charge in [0.1, 0.15) is 0 Å². The van der Waals surface area contributed by atoms with Gasteiger partial charge in [0.15, 0.2) is 0 Å². The van der Waals surface area contributed by atoms with Crippen molar-refractivity contribution < 1.29 is 4.74 Å². The molecule has 1 saturated heterocycles. The van der Waals surface area contributed by atoms with Crippen LogP contribution < -0.4 is 5.73 Å². The highest BCUT2D eigenvalue weighted by molar-refractivity contribution is 9.10. The third-order valence-electron chi connectivity index (χ3n) is 3.06. The number of ether oxygens (including phenoxy) is 1. The first-order valence-electron chi connectivity index (χ1n) is 5.87. The summed E-state index contributed by atoms with van der Waals surface area (Å²) in [6.07, 6.45) is 6.29. The fourth-order valence-electron chi connectivity index (χ4n) is 2.10. The van der Waals surface area contributed by atoms with Gasteiger partial charge in [-0.1, -0.05) is 0 Å². The van der Waals surface area contributed by atoms with Crippen LogP contribution >= 0.6 is 27.3 Å². The standard InChI is InChI=1S/C12H18BrNOS/c13-10-6-8-16-12(10)11(14)5-4-9-3-1-2-7-15-9/h6,8-9,11H,1-5,7,14H2. The highest BCUT2D eigenvalue weighted by Gasteiger charge is 2.17. The van der Waals surface area contributed by atoms with Gasteiger partial charge >= 0.3 is 0 Å². The predicted molar refractivity (Wildman–Crippen MR) is 71.8 cm³/mol. The molecule has 0 aliphatic carbocycles. The lowest BCUT2D eigenvalue weighted by molar-refractivity contribution is 0.00916. The minimum Gasteiger partial charge on any atom is -0.378 e. The third kappa shape index (κ3) is 3.29. The van der Waals surface area contributed by atoms with Crippen LogP contribution in [0.15, 0.2) is 15.9 Å². The molecule has 4 heteroatoms. The third-order valence-corrected chi connectivity index (χ3v) is 5.06. The fraction of sp³-hybridized carbons (Fsp3) is 0.667. The molecule has 2 rings (SSSR count). The molecule has 0 bridgehead atoms. The van der Waals surface area contributed by atoms with Crippen LogP contribution in [-0.2, 0) is 4.74 Å². The molecule has 0 radical (unpaired) electrons. The number of hydrogen-bond donors (Lipinski definition) is 1. The first-order valence-corrected chi connectivity index (χ1v) is 7.54. The summed E-state index contributed by atoms with van der Waals surface area (Å²) in [5.41, 5.74) is 6.18. The lowest BCUT2D eigenvalue weighted by atomic mass is 10.0. The van der Waals surface area contributed by atoms with Crippen molar-refractivity contribution in [2.24, 2.45) is 5.73 Å². The number of rotatable bonds is 4. The van der Waals surface area contributed by atoms with Crippen LogP contribution in [0.2, 0.25) is 0 Å². The summed E-state index contributed by atoms with van der Waals surface area (Å²) in [4.78, 5) is 1.26. The monoisotopic (exact) mass is 303 g/mol. The van der Waals surface area contributed by atoms with Gasteiger partial charge in [-0.15, -0.1) is 11.3 Å². The Morgan fingerprint density at radius 1 is 1.56 bits per heavy atom. The quantitative estimate of drug-likeness (QED) is 0.916. The van der Waals surface area contributed by atoms with Crippen LogP contribution in [0.3, 0.4) is 0 Å². The molecule has 0 aromatic carbocycles. The van der Waals surface area contributed by atoms with Crippen LogP contribution in [0.1, 0.15) is 43.0 Å². The van der Waals surface area contributed by atoms with Gasteiger partial charge in [-0.3, -0.25) is 0 Å². The number of nitrogens with two attached hydrogens (primary N) is 1. The number of halogens is 1. The smallest absolute Gasteiger partial charge is 0.0575 e. The Labute approximate surface area is 109 Å². The second-order valence-corrected chi connectivity index (χ2v) is 6.11. The molecule has 0 spiro atoms. The van der Waals surface area contributed by atoms with E-state index in [9.17, 15) is 0 Å². The van der Waals surface area contributed by atoms with Crippen LogP contribution in [0.4, 0.5) is 0 Å². The molecule has 1 aromatic heterocycles. The molecule has 2 N–H and O–H groups in total. The first kappa shape index (κ1) is 12.6. The summed E-state index contributed by atoms with van der Waals surface area (Å²) >= 11 is 5.26. The zero-order chi connectivity index (χ0) is 11.4. The molecule has 0 amide bonds. The number of thiophene rings is 1. The summed E-state index contributed by atoms with van der Waals surface area (Å²) in [6.45, 7) is 0.933. The van der Waals surface area contributed by atoms with Crippen LogP contribution in [-0.4, -0.2) is 12.7 Å². The maximum Gasteiger partial charge on any atom is 0.0575 e. The summed E-state index contributed by atoms with van der Waals surface area (Å²) in [5.74, 6) is 0. The van der Waals surface area contributed by atoms with Crippen molar-refractivity contribution in [1.29, 1.82) is 0 Å². The van der Waals surface area contributed by atoms with Gasteiger partial charge in [0.2, 0.25) is 0 Å². The van der Waals surface area contributed by atoms with E-state index in [2.05, 4.69) is 27.4 Å². The van der Waals surface area contributed by atoms with Gasteiger partial charge in [-0.05, 0) is 59.5 Å². The Morgan fingerprint density at radius 2 is 2.44 bits per heavy atom. The molecule has 2 atom stereocenters. The Balaban J connectivity index is 1.79. The predicted octanol–water partition coefficient (Wildman–Crippen LogP) is 3.86. The minimum absolute atomic E-state index is 0.153. The van der Waals surface area contributed by atoms with E-state index in [0.717, 1.165) is 23.9 Å². The van der Waals surface area contributed by atoms with E-state index in [-0.39, 0.29) is 6.04 Å². The second kappa shape index (κ2) is 6.15. The summed E-state index contributed by atoms with van der Waals surface area (Å²) < 4.78 is 6.86. The van der Waals surface area contributed by atoms with Gasteiger partial charge in [0.05, 0.1) is 6.10 Å². The first-order chi connectivity index (χ1) is 7.77. The topological polar surface area (TPSA) is 35.2 Å². The molecule has 2 unspecified atom stereocenters. The average molecular weight is 304 g/mol. The zero-order valence-corrected chi connectivity index (χ0v) is 11.7. The van der Waals surface area contributed by atoms with E-state index in [1.807, 2.05) is 0 Å². The SMILES string of the molecule is NC(CCC1CCCCO1)c1sccc1Br. The molecule has 2 heterocycles. The van der Waals surface area contributed by atoms with Gasteiger partial charge in [-0.25, -0.2) is 0 Å². The van der Waals surface area contributed by atoms with Gasteiger partial charge in [0.25, 0.3) is 0 Å². The Kier molecular flexibility index (Phi) is 4.82. The summed E-state index contributed by atoms with van der Waals surface area (Å²) in [7, 11) is 0. The van der Waals surface area contributed by atoms with E-state index in [0.29, 0.717) is 6.10 Å². The zero-order valence-electron chi connectivity index (χ0n) is 9.32. The van der Waals surface area contributed by atoms with Crippen molar-refractivity contribution in [3.8, 4) is 0 Å². The van der Waals surface area contributed by atoms with Crippen molar-refractivity contribution in [1.82, 2.24) is 0 Å². The van der Waals surface area contributed by atoms with Gasteiger partial charge < -0.3 is 10.5 Å². The van der Waals surface area contributed by atoms with Crippen LogP contribution in [0, 0.1) is 0 Å². The molecular formula is C12H18BrNOS. The van der Waals surface area contributed by atoms with E-state index >= 15 is 0 Å². The molecule has 16 heavy (non-hydrogen) atoms. The molecular weight excluding hydrogens is 286 g/mol. The van der Waals surface area contributed by atoms with Crippen molar-refractivity contribution in [2.75, 3.05) is 6.61 Å². The van der Waals surface area contributed by atoms with Crippen LogP contribution in [0.5, 0.6) is 0 Å². The molecule has 1 fully saturated rings. The van der Waals surface area contributed by atoms with Crippen molar-refractivity contribution >= 4 is 27.3 Å². The molecule has 1 aliphatic heterocycles. The average Bonchev–Trinajstić information content (AvgIpc) is 2.74. The van der Waals surface area contributed by atoms with Crippen molar-refractivity contribution in [3.05, 3.63) is 20.8 Å². The normalized spacial score (nSPS) is 23.2. The van der Waals surface area contributed by atoms with Gasteiger partial charge in [0, 0.05) is 22.0 Å². The lowest BCUT2D eigenvalue weighted by Crippen LogP contribution is -2.21. The van der Waals surface area contributed by atoms with E-state index < -0.39 is 0 Å². The van der Waals surface area contributed by atoms with E-state index in [1.165, 1.54) is 24.1 Å². The summed E-state index contributed by atoms with van der Waals surface area (Å²) in [6, 6.07) is 2.22.